The number of rotatable bonds is 4. The number of esters is 1. The first-order chi connectivity index (χ1) is 15.5. The molecule has 2 saturated heterocycles. The van der Waals surface area contributed by atoms with Gasteiger partial charge in [0.15, 0.2) is 0 Å². The number of benzene rings is 1. The van der Waals surface area contributed by atoms with Crippen molar-refractivity contribution in [1.82, 2.24) is 15.1 Å². The van der Waals surface area contributed by atoms with Gasteiger partial charge in [-0.05, 0) is 45.6 Å². The van der Waals surface area contributed by atoms with Gasteiger partial charge in [0.1, 0.15) is 24.3 Å². The molecule has 3 rings (SSSR count). The summed E-state index contributed by atoms with van der Waals surface area (Å²) in [6, 6.07) is 7.39. The van der Waals surface area contributed by atoms with E-state index in [0.717, 1.165) is 5.56 Å². The molecule has 1 N–H and O–H groups in total. The molecule has 9 heteroatoms. The van der Waals surface area contributed by atoms with Gasteiger partial charge in [0.2, 0.25) is 11.8 Å². The molecule has 1 aromatic carbocycles. The Kier molecular flexibility index (Phi) is 7.61. The van der Waals surface area contributed by atoms with Gasteiger partial charge in [-0.2, -0.15) is 0 Å². The van der Waals surface area contributed by atoms with E-state index in [-0.39, 0.29) is 25.1 Å². The lowest BCUT2D eigenvalue weighted by atomic mass is 10.1. The van der Waals surface area contributed by atoms with Gasteiger partial charge in [0.05, 0.1) is 6.54 Å². The third-order valence-corrected chi connectivity index (χ3v) is 5.82. The van der Waals surface area contributed by atoms with E-state index < -0.39 is 35.7 Å². The summed E-state index contributed by atoms with van der Waals surface area (Å²) < 4.78 is 10.8. The van der Waals surface area contributed by atoms with E-state index in [9.17, 15) is 19.2 Å². The van der Waals surface area contributed by atoms with Crippen molar-refractivity contribution in [2.45, 2.75) is 77.3 Å². The lowest BCUT2D eigenvalue weighted by Crippen LogP contribution is -2.60. The fraction of sp³-hybridized carbons (Fsp3) is 0.583. The number of hydrogen-bond acceptors (Lipinski definition) is 6. The van der Waals surface area contributed by atoms with Crippen LogP contribution in [0.2, 0.25) is 0 Å². The number of alkyl carbamates (subject to hydrolysis) is 1. The van der Waals surface area contributed by atoms with E-state index in [1.807, 2.05) is 30.3 Å². The second-order valence-electron chi connectivity index (χ2n) is 9.54. The van der Waals surface area contributed by atoms with Gasteiger partial charge >= 0.3 is 12.1 Å². The first-order valence-corrected chi connectivity index (χ1v) is 11.3. The molecule has 9 nitrogen and oxygen atoms in total. The number of fused-ring (bicyclic) bond motifs is 1. The molecule has 180 valence electrons. The first kappa shape index (κ1) is 24.5. The van der Waals surface area contributed by atoms with Crippen LogP contribution in [0.5, 0.6) is 0 Å². The highest BCUT2D eigenvalue weighted by molar-refractivity contribution is 5.91. The minimum Gasteiger partial charge on any atom is -0.459 e. The zero-order valence-corrected chi connectivity index (χ0v) is 19.7. The Morgan fingerprint density at radius 2 is 1.79 bits per heavy atom. The molecule has 2 aliphatic heterocycles. The summed E-state index contributed by atoms with van der Waals surface area (Å²) in [6.45, 7) is 7.19. The maximum absolute atomic E-state index is 13.5. The smallest absolute Gasteiger partial charge is 0.408 e. The number of carbonyl (C=O) groups is 4. The normalized spacial score (nSPS) is 23.3. The van der Waals surface area contributed by atoms with Crippen molar-refractivity contribution in [3.63, 3.8) is 0 Å². The molecule has 0 aromatic heterocycles. The Labute approximate surface area is 194 Å². The fourth-order valence-electron chi connectivity index (χ4n) is 4.27. The molecule has 3 amide bonds. The topological polar surface area (TPSA) is 105 Å². The average Bonchev–Trinajstić information content (AvgIpc) is 3.15. The molecule has 2 aliphatic rings. The molecule has 0 bridgehead atoms. The van der Waals surface area contributed by atoms with Crippen molar-refractivity contribution in [2.24, 2.45) is 0 Å². The van der Waals surface area contributed by atoms with Crippen molar-refractivity contribution < 1.29 is 28.7 Å². The summed E-state index contributed by atoms with van der Waals surface area (Å²) in [4.78, 5) is 54.1. The Hall–Kier alpha value is -3.10. The Morgan fingerprint density at radius 3 is 2.42 bits per heavy atom. The van der Waals surface area contributed by atoms with Crippen LogP contribution in [0.4, 0.5) is 4.79 Å². The number of amides is 3. The van der Waals surface area contributed by atoms with E-state index in [1.54, 1.807) is 30.6 Å². The SMILES string of the molecule is CC(=O)N1CCC2CCC(C(=O)OCc3ccccc3)N2C(=O)C(NC(=O)OC(C)(C)C)C1. The molecule has 2 fully saturated rings. The van der Waals surface area contributed by atoms with E-state index in [0.29, 0.717) is 25.8 Å². The van der Waals surface area contributed by atoms with E-state index in [1.165, 1.54) is 6.92 Å². The number of carbonyl (C=O) groups excluding carboxylic acids is 4. The quantitative estimate of drug-likeness (QED) is 0.693. The minimum atomic E-state index is -1.02. The second kappa shape index (κ2) is 10.2. The van der Waals surface area contributed by atoms with E-state index in [4.69, 9.17) is 9.47 Å². The highest BCUT2D eigenvalue weighted by Crippen LogP contribution is 2.30. The van der Waals surface area contributed by atoms with Gasteiger partial charge in [-0.3, -0.25) is 9.59 Å². The Balaban J connectivity index is 1.76. The van der Waals surface area contributed by atoms with Crippen LogP contribution in [0.25, 0.3) is 0 Å². The molecule has 3 atom stereocenters. The number of ether oxygens (including phenoxy) is 2. The van der Waals surface area contributed by atoms with Crippen LogP contribution in [0, 0.1) is 0 Å². The van der Waals surface area contributed by atoms with Gasteiger partial charge in [-0.1, -0.05) is 30.3 Å². The van der Waals surface area contributed by atoms with Gasteiger partial charge in [-0.25, -0.2) is 9.59 Å². The van der Waals surface area contributed by atoms with E-state index >= 15 is 0 Å². The third-order valence-electron chi connectivity index (χ3n) is 5.82. The number of hydrogen-bond donors (Lipinski definition) is 1. The summed E-state index contributed by atoms with van der Waals surface area (Å²) in [5.41, 5.74) is 0.121. The number of nitrogens with zero attached hydrogens (tertiary/aromatic N) is 2. The molecule has 33 heavy (non-hydrogen) atoms. The molecule has 0 radical (unpaired) electrons. The lowest BCUT2D eigenvalue weighted by molar-refractivity contribution is -0.157. The second-order valence-corrected chi connectivity index (χ2v) is 9.54. The predicted molar refractivity (Wildman–Crippen MR) is 120 cm³/mol. The molecular weight excluding hydrogens is 426 g/mol. The molecule has 0 spiro atoms. The lowest BCUT2D eigenvalue weighted by Gasteiger charge is -2.38. The standard InChI is InChI=1S/C24H33N3O6/c1-16(28)26-13-12-18-10-11-20(22(30)32-15-17-8-6-5-7-9-17)27(18)21(29)19(14-26)25-23(31)33-24(2,3)4/h5-9,18-20H,10-15H2,1-4H3,(H,25,31). The van der Waals surface area contributed by atoms with Crippen LogP contribution in [0.3, 0.4) is 0 Å². The molecular formula is C24H33N3O6. The van der Waals surface area contributed by atoms with Crippen molar-refractivity contribution in [2.75, 3.05) is 13.1 Å². The maximum atomic E-state index is 13.5. The minimum absolute atomic E-state index is 0.0163. The van der Waals surface area contributed by atoms with Crippen molar-refractivity contribution in [1.29, 1.82) is 0 Å². The summed E-state index contributed by atoms with van der Waals surface area (Å²) in [6.07, 6.45) is 0.918. The Morgan fingerprint density at radius 1 is 1.09 bits per heavy atom. The van der Waals surface area contributed by atoms with Crippen LogP contribution in [-0.4, -0.2) is 70.5 Å². The molecule has 2 heterocycles. The number of nitrogens with one attached hydrogen (secondary N) is 1. The average molecular weight is 460 g/mol. The van der Waals surface area contributed by atoms with Crippen molar-refractivity contribution in [3.05, 3.63) is 35.9 Å². The zero-order chi connectivity index (χ0) is 24.2. The highest BCUT2D eigenvalue weighted by atomic mass is 16.6. The molecule has 0 aliphatic carbocycles. The Bertz CT molecular complexity index is 882. The molecule has 0 saturated carbocycles. The van der Waals surface area contributed by atoms with Crippen molar-refractivity contribution in [3.8, 4) is 0 Å². The summed E-state index contributed by atoms with van der Waals surface area (Å²) in [7, 11) is 0. The van der Waals surface area contributed by atoms with Crippen LogP contribution in [0.15, 0.2) is 30.3 Å². The summed E-state index contributed by atoms with van der Waals surface area (Å²) >= 11 is 0. The largest absolute Gasteiger partial charge is 0.459 e. The fourth-order valence-corrected chi connectivity index (χ4v) is 4.27. The first-order valence-electron chi connectivity index (χ1n) is 11.3. The maximum Gasteiger partial charge on any atom is 0.408 e. The van der Waals surface area contributed by atoms with Gasteiger partial charge in [0, 0.05) is 19.5 Å². The zero-order valence-electron chi connectivity index (χ0n) is 19.7. The van der Waals surface area contributed by atoms with Crippen LogP contribution >= 0.6 is 0 Å². The summed E-state index contributed by atoms with van der Waals surface area (Å²) in [5, 5.41) is 2.61. The highest BCUT2D eigenvalue weighted by Gasteiger charge is 2.46. The third kappa shape index (κ3) is 6.46. The van der Waals surface area contributed by atoms with Crippen LogP contribution in [-0.2, 0) is 30.5 Å². The van der Waals surface area contributed by atoms with Gasteiger partial charge in [-0.15, -0.1) is 0 Å². The van der Waals surface area contributed by atoms with Crippen LogP contribution < -0.4 is 5.32 Å². The molecule has 3 unspecified atom stereocenters. The van der Waals surface area contributed by atoms with Gasteiger partial charge in [0.25, 0.3) is 0 Å². The molecule has 1 aromatic rings. The van der Waals surface area contributed by atoms with Gasteiger partial charge < -0.3 is 24.6 Å². The summed E-state index contributed by atoms with van der Waals surface area (Å²) in [5.74, 6) is -1.05. The predicted octanol–water partition coefficient (Wildman–Crippen LogP) is 2.23. The van der Waals surface area contributed by atoms with Crippen molar-refractivity contribution >= 4 is 23.9 Å². The monoisotopic (exact) mass is 459 g/mol. The van der Waals surface area contributed by atoms with E-state index in [2.05, 4.69) is 5.32 Å². The van der Waals surface area contributed by atoms with Crippen LogP contribution in [0.1, 0.15) is 52.5 Å².